The highest BCUT2D eigenvalue weighted by Crippen LogP contribution is 2.49. The van der Waals surface area contributed by atoms with Crippen molar-refractivity contribution in [1.29, 1.82) is 0 Å². The minimum absolute atomic E-state index is 0.0414. The van der Waals surface area contributed by atoms with Gasteiger partial charge in [0.05, 0.1) is 12.7 Å². The van der Waals surface area contributed by atoms with Crippen molar-refractivity contribution in [3.8, 4) is 5.75 Å². The van der Waals surface area contributed by atoms with Gasteiger partial charge in [0.1, 0.15) is 35.4 Å². The first-order chi connectivity index (χ1) is 19.4. The highest BCUT2D eigenvalue weighted by molar-refractivity contribution is 7.52. The molecular formula is C27H33N4O9P. The molecule has 220 valence electrons. The van der Waals surface area contributed by atoms with Crippen LogP contribution in [0, 0.1) is 0 Å². The van der Waals surface area contributed by atoms with Crippen LogP contribution in [0.5, 0.6) is 5.75 Å². The van der Waals surface area contributed by atoms with Crippen LogP contribution in [0.2, 0.25) is 0 Å². The zero-order valence-electron chi connectivity index (χ0n) is 22.7. The van der Waals surface area contributed by atoms with Crippen LogP contribution in [0.25, 0.3) is 10.8 Å². The number of nitrogens with zero attached hydrogens (tertiary/aromatic N) is 2. The van der Waals surface area contributed by atoms with E-state index in [1.807, 2.05) is 18.2 Å². The zero-order chi connectivity index (χ0) is 29.9. The Morgan fingerprint density at radius 3 is 2.63 bits per heavy atom. The van der Waals surface area contributed by atoms with Gasteiger partial charge in [-0.05, 0) is 38.3 Å². The maximum Gasteiger partial charge on any atom is 0.459 e. The average molecular weight is 589 g/mol. The predicted octanol–water partition coefficient (Wildman–Crippen LogP) is 2.29. The SMILES string of the molecule is C=C[C@]1(COP(=O)(N[C@@H](C)C(=O)OC(C)C)Oc2cccc3ccccc23)O[C@@H](n2ccc(N)nc2=O)[C@H](O)[C@@H]1O. The van der Waals surface area contributed by atoms with Gasteiger partial charge in [-0.1, -0.05) is 42.5 Å². The maximum atomic E-state index is 14.2. The van der Waals surface area contributed by atoms with Crippen molar-refractivity contribution in [3.05, 3.63) is 77.9 Å². The summed E-state index contributed by atoms with van der Waals surface area (Å²) in [6.45, 7) is 7.79. The van der Waals surface area contributed by atoms with E-state index in [1.54, 1.807) is 38.1 Å². The van der Waals surface area contributed by atoms with E-state index in [2.05, 4.69) is 16.7 Å². The number of ether oxygens (including phenoxy) is 2. The standard InChI is InChI=1S/C27H33N4O9P/c1-5-27(23(33)22(32)24(39-27)31-14-13-21(28)29-26(31)35)15-37-41(36,30-17(4)25(34)38-16(2)3)40-20-12-8-10-18-9-6-7-11-19(18)20/h5-14,16-17,22-24,32-33H,1,15H2,2-4H3,(H,30,36)(H2,28,29,35)/t17-,22+,23-,24+,27+,41?/m0/s1. The fourth-order valence-corrected chi connectivity index (χ4v) is 5.85. The summed E-state index contributed by atoms with van der Waals surface area (Å²) in [6.07, 6.45) is -2.73. The molecule has 2 aromatic carbocycles. The third-order valence-electron chi connectivity index (χ3n) is 6.41. The number of nitrogens with one attached hydrogen (secondary N) is 1. The van der Waals surface area contributed by atoms with Gasteiger partial charge in [-0.3, -0.25) is 13.9 Å². The van der Waals surface area contributed by atoms with E-state index < -0.39 is 62.2 Å². The second-order valence-corrected chi connectivity index (χ2v) is 11.5. The summed E-state index contributed by atoms with van der Waals surface area (Å²) in [5.74, 6) is -0.548. The number of hydrogen-bond donors (Lipinski definition) is 4. The molecule has 1 aliphatic rings. The van der Waals surface area contributed by atoms with Crippen molar-refractivity contribution < 1.29 is 38.1 Å². The Morgan fingerprint density at radius 1 is 1.24 bits per heavy atom. The van der Waals surface area contributed by atoms with Crippen molar-refractivity contribution in [1.82, 2.24) is 14.6 Å². The lowest BCUT2D eigenvalue weighted by atomic mass is 9.96. The number of hydrogen-bond acceptors (Lipinski definition) is 11. The number of carbonyl (C=O) groups excluding carboxylic acids is 1. The second kappa shape index (κ2) is 12.1. The number of carbonyl (C=O) groups is 1. The summed E-state index contributed by atoms with van der Waals surface area (Å²) in [5, 5.41) is 25.8. The molecule has 1 fully saturated rings. The second-order valence-electron chi connectivity index (χ2n) is 9.82. The molecule has 0 saturated carbocycles. The summed E-state index contributed by atoms with van der Waals surface area (Å²) < 4.78 is 37.9. The average Bonchev–Trinajstić information content (AvgIpc) is 3.17. The zero-order valence-corrected chi connectivity index (χ0v) is 23.6. The molecule has 0 aliphatic carbocycles. The maximum absolute atomic E-state index is 14.2. The van der Waals surface area contributed by atoms with Crippen molar-refractivity contribution in [3.63, 3.8) is 0 Å². The van der Waals surface area contributed by atoms with Crippen LogP contribution in [0.15, 0.2) is 72.2 Å². The number of aliphatic hydroxyl groups excluding tert-OH is 2. The first-order valence-corrected chi connectivity index (χ1v) is 14.3. The molecule has 0 spiro atoms. The van der Waals surface area contributed by atoms with Crippen LogP contribution >= 0.6 is 7.75 Å². The number of benzene rings is 2. The van der Waals surface area contributed by atoms with Gasteiger partial charge in [-0.15, -0.1) is 6.58 Å². The normalized spacial score (nSPS) is 24.6. The predicted molar refractivity (Wildman–Crippen MR) is 150 cm³/mol. The third kappa shape index (κ3) is 6.51. The molecule has 3 aromatic rings. The quantitative estimate of drug-likeness (QED) is 0.146. The lowest BCUT2D eigenvalue weighted by molar-refractivity contribution is -0.149. The van der Waals surface area contributed by atoms with Crippen LogP contribution in [-0.2, 0) is 23.4 Å². The van der Waals surface area contributed by atoms with Crippen LogP contribution in [0.3, 0.4) is 0 Å². The first kappa shape index (κ1) is 30.4. The number of nitrogen functional groups attached to an aromatic ring is 1. The van der Waals surface area contributed by atoms with Crippen molar-refractivity contribution in [2.45, 2.75) is 57.0 Å². The Balaban J connectivity index is 1.64. The smallest absolute Gasteiger partial charge is 0.459 e. The molecular weight excluding hydrogens is 555 g/mol. The number of aromatic nitrogens is 2. The van der Waals surface area contributed by atoms with Crippen LogP contribution in [0.1, 0.15) is 27.0 Å². The summed E-state index contributed by atoms with van der Waals surface area (Å²) in [4.78, 5) is 28.6. The number of rotatable bonds is 11. The van der Waals surface area contributed by atoms with Crippen molar-refractivity contribution >= 4 is 30.3 Å². The van der Waals surface area contributed by atoms with Crippen LogP contribution in [-0.4, -0.2) is 62.3 Å². The Labute approximate surface area is 236 Å². The molecule has 0 amide bonds. The molecule has 6 atom stereocenters. The van der Waals surface area contributed by atoms with Gasteiger partial charge in [-0.25, -0.2) is 9.36 Å². The lowest BCUT2D eigenvalue weighted by Gasteiger charge is -2.31. The number of aliphatic hydroxyl groups is 2. The molecule has 1 aromatic heterocycles. The Morgan fingerprint density at radius 2 is 1.95 bits per heavy atom. The highest BCUT2D eigenvalue weighted by atomic mass is 31.2. The van der Waals surface area contributed by atoms with Crippen LogP contribution in [0.4, 0.5) is 5.82 Å². The fraction of sp³-hybridized carbons (Fsp3) is 0.370. The van der Waals surface area contributed by atoms with E-state index in [4.69, 9.17) is 24.3 Å². The number of fused-ring (bicyclic) bond motifs is 1. The largest absolute Gasteiger partial charge is 0.462 e. The van der Waals surface area contributed by atoms with E-state index in [1.165, 1.54) is 19.2 Å². The Kier molecular flexibility index (Phi) is 8.97. The lowest BCUT2D eigenvalue weighted by Crippen LogP contribution is -2.46. The van der Waals surface area contributed by atoms with Gasteiger partial charge in [0.25, 0.3) is 0 Å². The Bertz CT molecular complexity index is 1520. The van der Waals surface area contributed by atoms with Gasteiger partial charge >= 0.3 is 19.4 Å². The fourth-order valence-electron chi connectivity index (χ4n) is 4.30. The molecule has 2 heterocycles. The minimum atomic E-state index is -4.43. The Hall–Kier alpha value is -3.58. The summed E-state index contributed by atoms with van der Waals surface area (Å²) in [7, 11) is -4.43. The summed E-state index contributed by atoms with van der Waals surface area (Å²) in [6, 6.07) is 12.5. The molecule has 13 nitrogen and oxygen atoms in total. The molecule has 5 N–H and O–H groups in total. The van der Waals surface area contributed by atoms with E-state index in [0.29, 0.717) is 5.39 Å². The monoisotopic (exact) mass is 588 g/mol. The highest BCUT2D eigenvalue weighted by Gasteiger charge is 2.55. The molecule has 1 saturated heterocycles. The molecule has 4 rings (SSSR count). The molecule has 1 unspecified atom stereocenters. The van der Waals surface area contributed by atoms with E-state index in [9.17, 15) is 24.4 Å². The third-order valence-corrected chi connectivity index (χ3v) is 8.02. The molecule has 0 bridgehead atoms. The number of nitrogens with two attached hydrogens (primary N) is 1. The van der Waals surface area contributed by atoms with Crippen LogP contribution < -0.4 is 21.0 Å². The summed E-state index contributed by atoms with van der Waals surface area (Å²) in [5.41, 5.74) is 2.87. The molecule has 41 heavy (non-hydrogen) atoms. The topological polar surface area (TPSA) is 184 Å². The number of anilines is 1. The molecule has 0 radical (unpaired) electrons. The van der Waals surface area contributed by atoms with Gasteiger partial charge < -0.3 is 29.9 Å². The van der Waals surface area contributed by atoms with E-state index in [-0.39, 0.29) is 11.6 Å². The van der Waals surface area contributed by atoms with E-state index >= 15 is 0 Å². The van der Waals surface area contributed by atoms with Crippen molar-refractivity contribution in [2.75, 3.05) is 12.3 Å². The van der Waals surface area contributed by atoms with Gasteiger partial charge in [-0.2, -0.15) is 10.1 Å². The summed E-state index contributed by atoms with van der Waals surface area (Å²) >= 11 is 0. The van der Waals surface area contributed by atoms with Gasteiger partial charge in [0.15, 0.2) is 6.23 Å². The van der Waals surface area contributed by atoms with Crippen molar-refractivity contribution in [2.24, 2.45) is 0 Å². The molecule has 14 heteroatoms. The number of esters is 1. The molecule has 1 aliphatic heterocycles. The van der Waals surface area contributed by atoms with Gasteiger partial charge in [0, 0.05) is 11.6 Å². The first-order valence-electron chi connectivity index (χ1n) is 12.8. The van der Waals surface area contributed by atoms with Gasteiger partial charge in [0.2, 0.25) is 0 Å². The van der Waals surface area contributed by atoms with E-state index in [0.717, 1.165) is 16.0 Å². The minimum Gasteiger partial charge on any atom is -0.462 e.